The van der Waals surface area contributed by atoms with Gasteiger partial charge >= 0.3 is 0 Å². The number of sulfone groups is 1. The average molecular weight is 310 g/mol. The van der Waals surface area contributed by atoms with Gasteiger partial charge in [0, 0.05) is 12.3 Å². The maximum Gasteiger partial charge on any atom is 0.280 e. The van der Waals surface area contributed by atoms with E-state index in [-0.39, 0.29) is 17.4 Å². The molecule has 0 bridgehead atoms. The van der Waals surface area contributed by atoms with Crippen LogP contribution >= 0.6 is 15.9 Å². The SMILES string of the molecule is CC(CS(C)(=O)=O)Nc1cn[nH]c(=O)c1Br. The maximum atomic E-state index is 11.2. The Balaban J connectivity index is 2.82. The van der Waals surface area contributed by atoms with Crippen molar-refractivity contribution in [2.45, 2.75) is 13.0 Å². The summed E-state index contributed by atoms with van der Waals surface area (Å²) in [6.07, 6.45) is 2.58. The number of anilines is 1. The molecule has 0 aliphatic heterocycles. The van der Waals surface area contributed by atoms with Gasteiger partial charge in [-0.3, -0.25) is 4.79 Å². The summed E-state index contributed by atoms with van der Waals surface area (Å²) in [5.41, 5.74) is 0.108. The summed E-state index contributed by atoms with van der Waals surface area (Å²) in [5.74, 6) is -0.00770. The lowest BCUT2D eigenvalue weighted by atomic mass is 10.3. The zero-order chi connectivity index (χ0) is 12.3. The lowest BCUT2D eigenvalue weighted by Gasteiger charge is -2.14. The number of H-pyrrole nitrogens is 1. The molecule has 1 rings (SSSR count). The standard InChI is InChI=1S/C8H12BrN3O3S/c1-5(4-16(2,14)15)11-6-3-10-12-8(13)7(6)9/h3,5H,4H2,1-2H3,(H2,11,12,13). The predicted molar refractivity (Wildman–Crippen MR) is 65.4 cm³/mol. The van der Waals surface area contributed by atoms with Gasteiger partial charge < -0.3 is 5.32 Å². The zero-order valence-electron chi connectivity index (χ0n) is 8.82. The van der Waals surface area contributed by atoms with E-state index >= 15 is 0 Å². The van der Waals surface area contributed by atoms with Crippen LogP contribution in [0.15, 0.2) is 15.5 Å². The first kappa shape index (κ1) is 13.2. The molecule has 1 aromatic heterocycles. The molecule has 0 amide bonds. The van der Waals surface area contributed by atoms with Crippen LogP contribution in [0.5, 0.6) is 0 Å². The Hall–Kier alpha value is -0.890. The first-order valence-corrected chi connectivity index (χ1v) is 7.32. The van der Waals surface area contributed by atoms with Crippen LogP contribution in [0.2, 0.25) is 0 Å². The van der Waals surface area contributed by atoms with E-state index in [1.165, 1.54) is 6.20 Å². The lowest BCUT2D eigenvalue weighted by molar-refractivity contribution is 0.598. The van der Waals surface area contributed by atoms with Gasteiger partial charge in [-0.2, -0.15) is 5.10 Å². The molecule has 0 aliphatic rings. The zero-order valence-corrected chi connectivity index (χ0v) is 11.2. The molecular weight excluding hydrogens is 298 g/mol. The summed E-state index contributed by atoms with van der Waals surface area (Å²) >= 11 is 3.09. The Morgan fingerprint density at radius 3 is 2.81 bits per heavy atom. The van der Waals surface area contributed by atoms with Crippen molar-refractivity contribution in [2.75, 3.05) is 17.3 Å². The molecule has 0 fully saturated rings. The quantitative estimate of drug-likeness (QED) is 0.839. The van der Waals surface area contributed by atoms with Crippen molar-refractivity contribution in [3.05, 3.63) is 21.0 Å². The highest BCUT2D eigenvalue weighted by molar-refractivity contribution is 9.10. The van der Waals surface area contributed by atoms with Gasteiger partial charge in [0.05, 0.1) is 17.6 Å². The number of nitrogens with one attached hydrogen (secondary N) is 2. The molecule has 8 heteroatoms. The molecule has 1 atom stereocenters. The Kier molecular flexibility index (Phi) is 4.09. The summed E-state index contributed by atoms with van der Waals surface area (Å²) in [5, 5.41) is 8.76. The Morgan fingerprint density at radius 1 is 1.62 bits per heavy atom. The average Bonchev–Trinajstić information content (AvgIpc) is 2.09. The monoisotopic (exact) mass is 309 g/mol. The van der Waals surface area contributed by atoms with Gasteiger partial charge in [-0.15, -0.1) is 0 Å². The molecule has 6 nitrogen and oxygen atoms in total. The van der Waals surface area contributed by atoms with Gasteiger partial charge in [0.1, 0.15) is 14.3 Å². The molecule has 16 heavy (non-hydrogen) atoms. The maximum absolute atomic E-state index is 11.2. The number of hydrogen-bond donors (Lipinski definition) is 2. The number of aromatic nitrogens is 2. The molecule has 90 valence electrons. The van der Waals surface area contributed by atoms with Gasteiger partial charge in [-0.25, -0.2) is 13.5 Å². The van der Waals surface area contributed by atoms with Crippen LogP contribution < -0.4 is 10.9 Å². The second-order valence-electron chi connectivity index (χ2n) is 3.56. The van der Waals surface area contributed by atoms with E-state index in [0.29, 0.717) is 10.2 Å². The molecule has 0 radical (unpaired) electrons. The molecule has 1 unspecified atom stereocenters. The number of halogens is 1. The van der Waals surface area contributed by atoms with E-state index in [0.717, 1.165) is 6.26 Å². The molecule has 0 saturated carbocycles. The minimum absolute atomic E-state index is 0.00770. The first-order valence-electron chi connectivity index (χ1n) is 4.47. The molecule has 1 heterocycles. The van der Waals surface area contributed by atoms with Crippen molar-refractivity contribution in [1.29, 1.82) is 0 Å². The third kappa shape index (κ3) is 3.93. The van der Waals surface area contributed by atoms with Crippen LogP contribution in [-0.4, -0.2) is 36.7 Å². The summed E-state index contributed by atoms with van der Waals surface area (Å²) < 4.78 is 22.4. The number of nitrogens with zero attached hydrogens (tertiary/aromatic N) is 1. The van der Waals surface area contributed by atoms with E-state index in [1.807, 2.05) is 0 Å². The lowest BCUT2D eigenvalue weighted by Crippen LogP contribution is -2.26. The summed E-state index contributed by atoms with van der Waals surface area (Å²) in [6, 6.07) is -0.296. The van der Waals surface area contributed by atoms with Crippen LogP contribution in [-0.2, 0) is 9.84 Å². The van der Waals surface area contributed by atoms with Crippen molar-refractivity contribution in [3.8, 4) is 0 Å². The fraction of sp³-hybridized carbons (Fsp3) is 0.500. The fourth-order valence-electron chi connectivity index (χ4n) is 1.25. The number of aromatic amines is 1. The molecule has 0 spiro atoms. The summed E-state index contributed by atoms with van der Waals surface area (Å²) in [6.45, 7) is 1.72. The number of hydrogen-bond acceptors (Lipinski definition) is 5. The summed E-state index contributed by atoms with van der Waals surface area (Å²) in [7, 11) is -3.05. The van der Waals surface area contributed by atoms with E-state index in [4.69, 9.17) is 0 Å². The van der Waals surface area contributed by atoms with Crippen LogP contribution in [0.3, 0.4) is 0 Å². The second-order valence-corrected chi connectivity index (χ2v) is 6.54. The van der Waals surface area contributed by atoms with Crippen molar-refractivity contribution in [1.82, 2.24) is 10.2 Å². The smallest absolute Gasteiger partial charge is 0.280 e. The van der Waals surface area contributed by atoms with Gasteiger partial charge in [0.15, 0.2) is 0 Å². The Morgan fingerprint density at radius 2 is 2.25 bits per heavy atom. The van der Waals surface area contributed by atoms with Crippen LogP contribution in [0.1, 0.15) is 6.92 Å². The predicted octanol–water partition coefficient (Wildman–Crippen LogP) is 0.377. The first-order chi connectivity index (χ1) is 7.29. The van der Waals surface area contributed by atoms with Crippen molar-refractivity contribution in [2.24, 2.45) is 0 Å². The van der Waals surface area contributed by atoms with Crippen molar-refractivity contribution < 1.29 is 8.42 Å². The van der Waals surface area contributed by atoms with Crippen LogP contribution in [0.4, 0.5) is 5.69 Å². The highest BCUT2D eigenvalue weighted by Crippen LogP contribution is 2.16. The summed E-state index contributed by atoms with van der Waals surface area (Å²) in [4.78, 5) is 11.2. The minimum atomic E-state index is -3.05. The van der Waals surface area contributed by atoms with E-state index in [2.05, 4.69) is 31.4 Å². The third-order valence-corrected chi connectivity index (χ3v) is 3.64. The molecule has 0 aliphatic carbocycles. The molecule has 2 N–H and O–H groups in total. The largest absolute Gasteiger partial charge is 0.379 e. The van der Waals surface area contributed by atoms with Gasteiger partial charge in [-0.1, -0.05) is 0 Å². The normalized spacial score (nSPS) is 13.4. The van der Waals surface area contributed by atoms with Crippen molar-refractivity contribution >= 4 is 31.5 Å². The highest BCUT2D eigenvalue weighted by atomic mass is 79.9. The number of rotatable bonds is 4. The Labute approximate surface area is 102 Å². The molecular formula is C8H12BrN3O3S. The third-order valence-electron chi connectivity index (χ3n) is 1.75. The highest BCUT2D eigenvalue weighted by Gasteiger charge is 2.12. The van der Waals surface area contributed by atoms with Gasteiger partial charge in [0.25, 0.3) is 5.56 Å². The topological polar surface area (TPSA) is 91.9 Å². The van der Waals surface area contributed by atoms with Crippen LogP contribution in [0, 0.1) is 0 Å². The van der Waals surface area contributed by atoms with Gasteiger partial charge in [-0.05, 0) is 22.9 Å². The van der Waals surface area contributed by atoms with Crippen LogP contribution in [0.25, 0.3) is 0 Å². The van der Waals surface area contributed by atoms with E-state index < -0.39 is 9.84 Å². The minimum Gasteiger partial charge on any atom is -0.379 e. The van der Waals surface area contributed by atoms with E-state index in [9.17, 15) is 13.2 Å². The molecule has 0 aromatic carbocycles. The van der Waals surface area contributed by atoms with E-state index in [1.54, 1.807) is 6.92 Å². The van der Waals surface area contributed by atoms with Crippen molar-refractivity contribution in [3.63, 3.8) is 0 Å². The molecule has 0 saturated heterocycles. The Bertz CT molecular complexity index is 526. The fourth-order valence-corrected chi connectivity index (χ4v) is 2.54. The second kappa shape index (κ2) is 4.96. The molecule has 1 aromatic rings. The van der Waals surface area contributed by atoms with Gasteiger partial charge in [0.2, 0.25) is 0 Å².